The number of ether oxygens (including phenoxy) is 3. The van der Waals surface area contributed by atoms with Gasteiger partial charge in [-0.05, 0) is 48.3 Å². The molecule has 0 unspecified atom stereocenters. The Hall–Kier alpha value is -4.31. The van der Waals surface area contributed by atoms with Crippen molar-refractivity contribution in [1.82, 2.24) is 14.7 Å². The van der Waals surface area contributed by atoms with Crippen LogP contribution in [0.25, 0.3) is 12.2 Å². The average Bonchev–Trinajstić information content (AvgIpc) is 3.55. The molecule has 0 saturated carbocycles. The minimum absolute atomic E-state index is 0.0470. The Kier molecular flexibility index (Phi) is 12.2. The van der Waals surface area contributed by atoms with Crippen LogP contribution in [0.15, 0.2) is 54.6 Å². The van der Waals surface area contributed by atoms with E-state index in [1.807, 2.05) is 40.1 Å². The van der Waals surface area contributed by atoms with Crippen molar-refractivity contribution >= 4 is 29.9 Å². The van der Waals surface area contributed by atoms with Gasteiger partial charge in [0, 0.05) is 51.4 Å². The van der Waals surface area contributed by atoms with Crippen molar-refractivity contribution in [2.24, 2.45) is 0 Å². The van der Waals surface area contributed by atoms with Crippen LogP contribution in [-0.2, 0) is 14.4 Å². The number of likely N-dealkylation sites (tertiary alicyclic amines) is 1. The maximum absolute atomic E-state index is 12.6. The van der Waals surface area contributed by atoms with E-state index in [1.165, 1.54) is 0 Å². The van der Waals surface area contributed by atoms with Crippen LogP contribution >= 0.6 is 0 Å². The highest BCUT2D eigenvalue weighted by Crippen LogP contribution is 2.38. The Balaban J connectivity index is 0.000000352. The van der Waals surface area contributed by atoms with Crippen molar-refractivity contribution in [2.75, 3.05) is 67.1 Å². The molecule has 2 fully saturated rings. The number of aliphatic carboxylic acids is 1. The molecular weight excluding hydrogens is 526 g/mol. The zero-order chi connectivity index (χ0) is 29.6. The topological polar surface area (TPSA) is 109 Å². The lowest BCUT2D eigenvalue weighted by atomic mass is 10.1. The number of benzene rings is 2. The highest BCUT2D eigenvalue weighted by molar-refractivity contribution is 5.92. The molecule has 4 rings (SSSR count). The predicted molar refractivity (Wildman–Crippen MR) is 157 cm³/mol. The number of carbonyl (C=O) groups is 3. The first kappa shape index (κ1) is 31.2. The second-order valence-electron chi connectivity index (χ2n) is 9.56. The van der Waals surface area contributed by atoms with Crippen molar-refractivity contribution in [3.63, 3.8) is 0 Å². The van der Waals surface area contributed by atoms with Crippen LogP contribution < -0.4 is 14.2 Å². The van der Waals surface area contributed by atoms with Crippen molar-refractivity contribution in [2.45, 2.75) is 12.8 Å². The van der Waals surface area contributed by atoms with E-state index >= 15 is 0 Å². The molecule has 0 bridgehead atoms. The standard InChI is InChI=1S/C22H31N3O5.C9H8O2/c1-28-18-14-17(15-19(29-2)22(18)30-3)6-7-20(26)25-12-10-23(11-13-25)16-21(27)24-8-4-5-9-24;10-9(11)7-6-8-4-2-1-3-5-8/h6-7,14-15H,4-5,8-13,16H2,1-3H3;1-7H,(H,10,11)/b2*7-6+. The molecule has 2 aliphatic rings. The van der Waals surface area contributed by atoms with E-state index in [0.717, 1.165) is 43.1 Å². The largest absolute Gasteiger partial charge is 0.493 e. The fourth-order valence-electron chi connectivity index (χ4n) is 4.59. The average molecular weight is 566 g/mol. The Labute approximate surface area is 241 Å². The summed E-state index contributed by atoms with van der Waals surface area (Å²) in [5, 5.41) is 8.29. The van der Waals surface area contributed by atoms with Gasteiger partial charge in [-0.2, -0.15) is 0 Å². The van der Waals surface area contributed by atoms with Gasteiger partial charge < -0.3 is 29.1 Å². The van der Waals surface area contributed by atoms with Crippen molar-refractivity contribution in [3.8, 4) is 17.2 Å². The van der Waals surface area contributed by atoms with Crippen LogP contribution in [0.4, 0.5) is 0 Å². The van der Waals surface area contributed by atoms with Crippen molar-refractivity contribution in [1.29, 1.82) is 0 Å². The minimum atomic E-state index is -0.922. The van der Waals surface area contributed by atoms with Crippen LogP contribution in [-0.4, -0.2) is 105 Å². The molecule has 10 heteroatoms. The van der Waals surface area contributed by atoms with E-state index in [4.69, 9.17) is 19.3 Å². The number of methoxy groups -OCH3 is 3. The Morgan fingerprint density at radius 3 is 1.88 bits per heavy atom. The summed E-state index contributed by atoms with van der Waals surface area (Å²) in [6.45, 7) is 4.86. The van der Waals surface area contributed by atoms with E-state index in [1.54, 1.807) is 51.7 Å². The van der Waals surface area contributed by atoms with Gasteiger partial charge >= 0.3 is 5.97 Å². The fourth-order valence-corrected chi connectivity index (χ4v) is 4.59. The number of carbonyl (C=O) groups excluding carboxylic acids is 2. The molecule has 220 valence electrons. The predicted octanol–water partition coefficient (Wildman–Crippen LogP) is 3.28. The molecule has 2 saturated heterocycles. The van der Waals surface area contributed by atoms with Gasteiger partial charge in [0.1, 0.15) is 0 Å². The van der Waals surface area contributed by atoms with Gasteiger partial charge in [0.05, 0.1) is 27.9 Å². The molecule has 0 radical (unpaired) electrons. The lowest BCUT2D eigenvalue weighted by Gasteiger charge is -2.34. The second-order valence-corrected chi connectivity index (χ2v) is 9.56. The summed E-state index contributed by atoms with van der Waals surface area (Å²) in [5.74, 6) is 0.834. The number of carboxylic acids is 1. The highest BCUT2D eigenvalue weighted by Gasteiger charge is 2.24. The zero-order valence-electron chi connectivity index (χ0n) is 24.0. The SMILES string of the molecule is COc1cc(/C=C/C(=O)N2CCN(CC(=O)N3CCCC3)CC2)cc(OC)c1OC.O=C(O)/C=C/c1ccccc1. The van der Waals surface area contributed by atoms with Crippen LogP contribution in [0, 0.1) is 0 Å². The highest BCUT2D eigenvalue weighted by atomic mass is 16.5. The van der Waals surface area contributed by atoms with E-state index < -0.39 is 5.97 Å². The van der Waals surface area contributed by atoms with Crippen LogP contribution in [0.3, 0.4) is 0 Å². The number of hydrogen-bond acceptors (Lipinski definition) is 7. The number of piperazine rings is 1. The third-order valence-electron chi connectivity index (χ3n) is 6.82. The summed E-state index contributed by atoms with van der Waals surface area (Å²) < 4.78 is 16.0. The number of rotatable bonds is 9. The number of hydrogen-bond donors (Lipinski definition) is 1. The Morgan fingerprint density at radius 2 is 1.34 bits per heavy atom. The molecule has 2 aliphatic heterocycles. The summed E-state index contributed by atoms with van der Waals surface area (Å²) in [6, 6.07) is 12.9. The lowest BCUT2D eigenvalue weighted by molar-refractivity contribution is -0.133. The summed E-state index contributed by atoms with van der Waals surface area (Å²) in [7, 11) is 4.67. The summed E-state index contributed by atoms with van der Waals surface area (Å²) in [6.07, 6.45) is 8.19. The third kappa shape index (κ3) is 9.68. The molecular formula is C31H39N3O7. The third-order valence-corrected chi connectivity index (χ3v) is 6.82. The van der Waals surface area contributed by atoms with Gasteiger partial charge in [-0.3, -0.25) is 14.5 Å². The smallest absolute Gasteiger partial charge is 0.328 e. The zero-order valence-corrected chi connectivity index (χ0v) is 24.0. The van der Waals surface area contributed by atoms with Crippen LogP contribution in [0.5, 0.6) is 17.2 Å². The first-order chi connectivity index (χ1) is 19.8. The van der Waals surface area contributed by atoms with E-state index in [-0.39, 0.29) is 11.8 Å². The fraction of sp³-hybridized carbons (Fsp3) is 0.387. The van der Waals surface area contributed by atoms with Crippen molar-refractivity contribution < 1.29 is 33.7 Å². The molecule has 2 aromatic carbocycles. The van der Waals surface area contributed by atoms with Gasteiger partial charge in [-0.1, -0.05) is 30.3 Å². The molecule has 2 aromatic rings. The van der Waals surface area contributed by atoms with Crippen LogP contribution in [0.1, 0.15) is 24.0 Å². The molecule has 2 amide bonds. The summed E-state index contributed by atoms with van der Waals surface area (Å²) >= 11 is 0. The lowest BCUT2D eigenvalue weighted by Crippen LogP contribution is -2.51. The molecule has 2 heterocycles. The minimum Gasteiger partial charge on any atom is -0.493 e. The second kappa shape index (κ2) is 16.1. The van der Waals surface area contributed by atoms with Crippen LogP contribution in [0.2, 0.25) is 0 Å². The normalized spacial score (nSPS) is 15.5. The molecule has 0 aromatic heterocycles. The molecule has 1 N–H and O–H groups in total. The molecule has 0 spiro atoms. The number of nitrogens with zero attached hydrogens (tertiary/aromatic N) is 3. The van der Waals surface area contributed by atoms with E-state index in [0.29, 0.717) is 50.0 Å². The van der Waals surface area contributed by atoms with Gasteiger partial charge in [0.2, 0.25) is 17.6 Å². The monoisotopic (exact) mass is 565 g/mol. The van der Waals surface area contributed by atoms with Gasteiger partial charge in [0.15, 0.2) is 11.5 Å². The van der Waals surface area contributed by atoms with Crippen molar-refractivity contribution in [3.05, 3.63) is 65.7 Å². The quantitative estimate of drug-likeness (QED) is 0.462. The Morgan fingerprint density at radius 1 is 0.756 bits per heavy atom. The maximum Gasteiger partial charge on any atom is 0.328 e. The van der Waals surface area contributed by atoms with E-state index in [2.05, 4.69) is 4.90 Å². The van der Waals surface area contributed by atoms with E-state index in [9.17, 15) is 14.4 Å². The maximum atomic E-state index is 12.6. The molecule has 0 aliphatic carbocycles. The summed E-state index contributed by atoms with van der Waals surface area (Å²) in [4.78, 5) is 40.9. The van der Waals surface area contributed by atoms with Gasteiger partial charge in [-0.25, -0.2) is 4.79 Å². The number of amides is 2. The Bertz CT molecular complexity index is 1190. The van der Waals surface area contributed by atoms with Gasteiger partial charge in [0.25, 0.3) is 0 Å². The molecule has 41 heavy (non-hydrogen) atoms. The molecule has 0 atom stereocenters. The first-order valence-electron chi connectivity index (χ1n) is 13.6. The molecule has 10 nitrogen and oxygen atoms in total. The van der Waals surface area contributed by atoms with Gasteiger partial charge in [-0.15, -0.1) is 0 Å². The summed E-state index contributed by atoms with van der Waals surface area (Å²) in [5.41, 5.74) is 1.68. The number of carboxylic acid groups (broad SMARTS) is 1. The first-order valence-corrected chi connectivity index (χ1v) is 13.6.